The lowest BCUT2D eigenvalue weighted by atomic mass is 10.1. The van der Waals surface area contributed by atoms with Crippen molar-refractivity contribution in [1.82, 2.24) is 9.80 Å². The number of hydrogen-bond acceptors (Lipinski definition) is 6. The van der Waals surface area contributed by atoms with Crippen molar-refractivity contribution >= 4 is 11.7 Å². The molecule has 0 aliphatic carbocycles. The third kappa shape index (κ3) is 6.05. The molecule has 1 saturated heterocycles. The van der Waals surface area contributed by atoms with Crippen LogP contribution in [0.15, 0.2) is 42.5 Å². The van der Waals surface area contributed by atoms with Gasteiger partial charge in [0.2, 0.25) is 5.75 Å². The zero-order valence-corrected chi connectivity index (χ0v) is 20.0. The van der Waals surface area contributed by atoms with Crippen molar-refractivity contribution in [3.63, 3.8) is 0 Å². The Bertz CT molecular complexity index is 922. The van der Waals surface area contributed by atoms with Crippen LogP contribution in [0.1, 0.15) is 35.2 Å². The number of amides is 1. The van der Waals surface area contributed by atoms with Crippen molar-refractivity contribution in [2.45, 2.75) is 31.7 Å². The molecule has 2 aromatic carbocycles. The Morgan fingerprint density at radius 3 is 2.30 bits per heavy atom. The summed E-state index contributed by atoms with van der Waals surface area (Å²) in [6, 6.07) is 13.5. The number of rotatable bonds is 11. The second-order valence-electron chi connectivity index (χ2n) is 8.39. The van der Waals surface area contributed by atoms with Crippen LogP contribution in [0.25, 0.3) is 0 Å². The van der Waals surface area contributed by atoms with Gasteiger partial charge in [0.25, 0.3) is 11.7 Å². The summed E-state index contributed by atoms with van der Waals surface area (Å²) in [6.07, 6.45) is 3.87. The fourth-order valence-electron chi connectivity index (χ4n) is 4.41. The molecule has 1 amide bonds. The summed E-state index contributed by atoms with van der Waals surface area (Å²) in [4.78, 5) is 30.2. The van der Waals surface area contributed by atoms with Crippen LogP contribution in [0.3, 0.4) is 0 Å². The quantitative estimate of drug-likeness (QED) is 0.383. The molecule has 3 rings (SSSR count). The SMILES string of the molecule is COc1cc(C(=O)C(=O)N2CCC[C@H]2CN(C)CCCc2ccccc2)cc(OC)c1OC. The first kappa shape index (κ1) is 24.6. The van der Waals surface area contributed by atoms with Gasteiger partial charge in [-0.05, 0) is 57.0 Å². The van der Waals surface area contributed by atoms with Crippen molar-refractivity contribution in [2.75, 3.05) is 48.0 Å². The Labute approximate surface area is 196 Å². The summed E-state index contributed by atoms with van der Waals surface area (Å²) in [6.45, 7) is 2.29. The van der Waals surface area contributed by atoms with Crippen LogP contribution in [0.4, 0.5) is 0 Å². The normalized spacial score (nSPS) is 15.5. The zero-order valence-electron chi connectivity index (χ0n) is 20.0. The molecule has 2 aromatic rings. The fourth-order valence-corrected chi connectivity index (χ4v) is 4.41. The molecule has 0 bridgehead atoms. The van der Waals surface area contributed by atoms with Gasteiger partial charge in [-0.25, -0.2) is 0 Å². The van der Waals surface area contributed by atoms with E-state index in [4.69, 9.17) is 14.2 Å². The summed E-state index contributed by atoms with van der Waals surface area (Å²) in [5.41, 5.74) is 1.57. The summed E-state index contributed by atoms with van der Waals surface area (Å²) >= 11 is 0. The lowest BCUT2D eigenvalue weighted by Gasteiger charge is -2.28. The number of benzene rings is 2. The third-order valence-electron chi connectivity index (χ3n) is 6.13. The van der Waals surface area contributed by atoms with E-state index in [2.05, 4.69) is 36.2 Å². The van der Waals surface area contributed by atoms with Gasteiger partial charge in [0, 0.05) is 24.7 Å². The first-order valence-corrected chi connectivity index (χ1v) is 11.4. The standard InChI is InChI=1S/C26H34N2O5/c1-27(14-8-12-19-10-6-5-7-11-19)18-21-13-9-15-28(21)26(30)24(29)20-16-22(31-2)25(33-4)23(17-20)32-3/h5-7,10-11,16-17,21H,8-9,12-15,18H2,1-4H3/t21-/m0/s1. The molecule has 7 heteroatoms. The van der Waals surface area contributed by atoms with E-state index in [1.165, 1.54) is 39.0 Å². The van der Waals surface area contributed by atoms with E-state index in [9.17, 15) is 9.59 Å². The number of aryl methyl sites for hydroxylation is 1. The molecule has 0 aromatic heterocycles. The third-order valence-corrected chi connectivity index (χ3v) is 6.13. The molecule has 178 valence electrons. The van der Waals surface area contributed by atoms with Crippen LogP contribution >= 0.6 is 0 Å². The summed E-state index contributed by atoms with van der Waals surface area (Å²) in [5, 5.41) is 0. The predicted molar refractivity (Wildman–Crippen MR) is 127 cm³/mol. The van der Waals surface area contributed by atoms with Crippen LogP contribution in [0.5, 0.6) is 17.2 Å². The first-order chi connectivity index (χ1) is 16.0. The molecule has 0 saturated carbocycles. The van der Waals surface area contributed by atoms with Crippen LogP contribution in [0.2, 0.25) is 0 Å². The van der Waals surface area contributed by atoms with Gasteiger partial charge < -0.3 is 24.0 Å². The number of ether oxygens (including phenoxy) is 3. The molecule has 7 nitrogen and oxygen atoms in total. The molecule has 1 atom stereocenters. The van der Waals surface area contributed by atoms with Gasteiger partial charge in [0.15, 0.2) is 11.5 Å². The maximum Gasteiger partial charge on any atom is 0.295 e. The van der Waals surface area contributed by atoms with E-state index in [0.717, 1.165) is 38.8 Å². The van der Waals surface area contributed by atoms with Gasteiger partial charge in [-0.2, -0.15) is 0 Å². The maximum atomic E-state index is 13.1. The highest BCUT2D eigenvalue weighted by molar-refractivity contribution is 6.43. The Balaban J connectivity index is 1.62. The minimum absolute atomic E-state index is 0.0326. The van der Waals surface area contributed by atoms with E-state index >= 15 is 0 Å². The highest BCUT2D eigenvalue weighted by Crippen LogP contribution is 2.38. The maximum absolute atomic E-state index is 13.1. The molecule has 1 heterocycles. The van der Waals surface area contributed by atoms with Crippen molar-refractivity contribution in [3.8, 4) is 17.2 Å². The van der Waals surface area contributed by atoms with Crippen molar-refractivity contribution in [1.29, 1.82) is 0 Å². The number of likely N-dealkylation sites (N-methyl/N-ethyl adjacent to an activating group) is 1. The number of carbonyl (C=O) groups excluding carboxylic acids is 2. The summed E-state index contributed by atoms with van der Waals surface area (Å²) in [5.74, 6) is 0.0470. The van der Waals surface area contributed by atoms with Crippen LogP contribution in [-0.2, 0) is 11.2 Å². The molecule has 0 radical (unpaired) electrons. The van der Waals surface area contributed by atoms with Crippen LogP contribution in [0, 0.1) is 0 Å². The molecule has 0 unspecified atom stereocenters. The number of hydrogen-bond donors (Lipinski definition) is 0. The van der Waals surface area contributed by atoms with E-state index in [1.807, 2.05) is 6.07 Å². The zero-order chi connectivity index (χ0) is 23.8. The van der Waals surface area contributed by atoms with E-state index in [-0.39, 0.29) is 11.6 Å². The van der Waals surface area contributed by atoms with Crippen molar-refractivity contribution in [2.24, 2.45) is 0 Å². The second-order valence-corrected chi connectivity index (χ2v) is 8.39. The lowest BCUT2D eigenvalue weighted by Crippen LogP contribution is -2.45. The highest BCUT2D eigenvalue weighted by Gasteiger charge is 2.34. The van der Waals surface area contributed by atoms with Crippen molar-refractivity contribution < 1.29 is 23.8 Å². The number of ketones is 1. The Hall–Kier alpha value is -3.06. The van der Waals surface area contributed by atoms with E-state index < -0.39 is 11.7 Å². The number of methoxy groups -OCH3 is 3. The summed E-state index contributed by atoms with van der Waals surface area (Å²) in [7, 11) is 6.54. The Morgan fingerprint density at radius 1 is 1.03 bits per heavy atom. The fraction of sp³-hybridized carbons (Fsp3) is 0.462. The number of carbonyl (C=O) groups is 2. The Kier molecular flexibility index (Phi) is 8.72. The molecule has 33 heavy (non-hydrogen) atoms. The second kappa shape index (κ2) is 11.7. The monoisotopic (exact) mass is 454 g/mol. The average Bonchev–Trinajstić information content (AvgIpc) is 3.30. The predicted octanol–water partition coefficient (Wildman–Crippen LogP) is 3.45. The van der Waals surface area contributed by atoms with Gasteiger partial charge in [0.1, 0.15) is 0 Å². The van der Waals surface area contributed by atoms with Gasteiger partial charge in [-0.15, -0.1) is 0 Å². The number of Topliss-reactive ketones (excluding diaryl/α,β-unsaturated/α-hetero) is 1. The minimum Gasteiger partial charge on any atom is -0.493 e. The average molecular weight is 455 g/mol. The Morgan fingerprint density at radius 2 is 1.70 bits per heavy atom. The highest BCUT2D eigenvalue weighted by atomic mass is 16.5. The molecular weight excluding hydrogens is 420 g/mol. The van der Waals surface area contributed by atoms with Gasteiger partial charge >= 0.3 is 0 Å². The van der Waals surface area contributed by atoms with Crippen LogP contribution in [-0.4, -0.2) is 75.5 Å². The molecule has 0 spiro atoms. The van der Waals surface area contributed by atoms with Gasteiger partial charge in [-0.3, -0.25) is 9.59 Å². The minimum atomic E-state index is -0.562. The first-order valence-electron chi connectivity index (χ1n) is 11.4. The molecule has 0 N–H and O–H groups in total. The lowest BCUT2D eigenvalue weighted by molar-refractivity contribution is -0.127. The van der Waals surface area contributed by atoms with Crippen molar-refractivity contribution in [3.05, 3.63) is 53.6 Å². The molecule has 1 aliphatic heterocycles. The van der Waals surface area contributed by atoms with Gasteiger partial charge in [0.05, 0.1) is 21.3 Å². The van der Waals surface area contributed by atoms with E-state index in [1.54, 1.807) is 4.90 Å². The smallest absolute Gasteiger partial charge is 0.295 e. The molecule has 1 aliphatic rings. The van der Waals surface area contributed by atoms with E-state index in [0.29, 0.717) is 23.8 Å². The number of likely N-dealkylation sites (tertiary alicyclic amines) is 1. The topological polar surface area (TPSA) is 68.3 Å². The molecule has 1 fully saturated rings. The van der Waals surface area contributed by atoms with Gasteiger partial charge in [-0.1, -0.05) is 30.3 Å². The van der Waals surface area contributed by atoms with Crippen LogP contribution < -0.4 is 14.2 Å². The summed E-state index contributed by atoms with van der Waals surface area (Å²) < 4.78 is 16.0. The number of nitrogens with zero attached hydrogens (tertiary/aromatic N) is 2. The largest absolute Gasteiger partial charge is 0.493 e. The molecular formula is C26H34N2O5.